The minimum atomic E-state index is -0.0202. The summed E-state index contributed by atoms with van der Waals surface area (Å²) in [5, 5.41) is 17.6. The molecule has 1 aromatic heterocycles. The summed E-state index contributed by atoms with van der Waals surface area (Å²) < 4.78 is 0. The van der Waals surface area contributed by atoms with Gasteiger partial charge >= 0.3 is 0 Å². The van der Waals surface area contributed by atoms with E-state index in [1.165, 1.54) is 0 Å². The lowest BCUT2D eigenvalue weighted by molar-refractivity contribution is 0.0724. The third-order valence-electron chi connectivity index (χ3n) is 3.38. The lowest BCUT2D eigenvalue weighted by Gasteiger charge is -2.24. The Morgan fingerprint density at radius 2 is 2.50 bits per heavy atom. The number of H-pyrrole nitrogens is 1. The van der Waals surface area contributed by atoms with Crippen LogP contribution in [0.25, 0.3) is 0 Å². The van der Waals surface area contributed by atoms with E-state index in [2.05, 4.69) is 4.98 Å². The van der Waals surface area contributed by atoms with E-state index in [0.717, 1.165) is 32.2 Å². The molecule has 1 aliphatic rings. The van der Waals surface area contributed by atoms with Gasteiger partial charge in [-0.2, -0.15) is 5.26 Å². The van der Waals surface area contributed by atoms with Gasteiger partial charge in [0.05, 0.1) is 5.56 Å². The van der Waals surface area contributed by atoms with Crippen LogP contribution >= 0.6 is 0 Å². The number of hydrogen-bond acceptors (Lipinski definition) is 3. The van der Waals surface area contributed by atoms with Crippen LogP contribution in [0.3, 0.4) is 0 Å². The predicted octanol–water partition coefficient (Wildman–Crippen LogP) is 1.26. The van der Waals surface area contributed by atoms with Crippen LogP contribution in [0, 0.1) is 11.3 Å². The van der Waals surface area contributed by atoms with E-state index in [4.69, 9.17) is 10.4 Å². The summed E-state index contributed by atoms with van der Waals surface area (Å²) in [6.07, 6.45) is 5.17. The predicted molar refractivity (Wildman–Crippen MR) is 65.9 cm³/mol. The molecule has 0 spiro atoms. The number of rotatable bonds is 4. The van der Waals surface area contributed by atoms with Crippen LogP contribution in [0.5, 0.6) is 0 Å². The van der Waals surface area contributed by atoms with Crippen LogP contribution < -0.4 is 0 Å². The van der Waals surface area contributed by atoms with Crippen molar-refractivity contribution in [3.63, 3.8) is 0 Å². The molecule has 1 unspecified atom stereocenters. The number of aliphatic hydroxyl groups is 1. The molecule has 1 atom stereocenters. The van der Waals surface area contributed by atoms with E-state index >= 15 is 0 Å². The van der Waals surface area contributed by atoms with Crippen molar-refractivity contribution in [1.82, 2.24) is 9.88 Å². The molecule has 1 amide bonds. The number of nitriles is 1. The van der Waals surface area contributed by atoms with Crippen LogP contribution in [-0.4, -0.2) is 40.1 Å². The molecule has 1 aromatic rings. The molecule has 96 valence electrons. The molecule has 0 bridgehead atoms. The summed E-state index contributed by atoms with van der Waals surface area (Å²) in [6.45, 7) is 0.934. The molecule has 0 saturated carbocycles. The van der Waals surface area contributed by atoms with Gasteiger partial charge in [-0.05, 0) is 31.7 Å². The molecule has 2 heterocycles. The fourth-order valence-electron chi connectivity index (χ4n) is 2.48. The number of nitrogens with zero attached hydrogens (tertiary/aromatic N) is 2. The van der Waals surface area contributed by atoms with Crippen molar-refractivity contribution in [3.8, 4) is 6.07 Å². The maximum atomic E-state index is 12.3. The highest BCUT2D eigenvalue weighted by Gasteiger charge is 2.29. The Labute approximate surface area is 106 Å². The molecule has 0 aromatic carbocycles. The zero-order chi connectivity index (χ0) is 13.0. The van der Waals surface area contributed by atoms with Crippen molar-refractivity contribution in [1.29, 1.82) is 5.26 Å². The molecule has 1 fully saturated rings. The summed E-state index contributed by atoms with van der Waals surface area (Å²) in [7, 11) is 0. The molecule has 2 N–H and O–H groups in total. The zero-order valence-corrected chi connectivity index (χ0v) is 10.2. The monoisotopic (exact) mass is 247 g/mol. The number of aromatic nitrogens is 1. The molecule has 1 saturated heterocycles. The van der Waals surface area contributed by atoms with Gasteiger partial charge in [0.1, 0.15) is 11.8 Å². The quantitative estimate of drug-likeness (QED) is 0.840. The van der Waals surface area contributed by atoms with Gasteiger partial charge in [-0.15, -0.1) is 0 Å². The van der Waals surface area contributed by atoms with E-state index in [1.54, 1.807) is 12.3 Å². The van der Waals surface area contributed by atoms with Crippen molar-refractivity contribution in [2.24, 2.45) is 0 Å². The first kappa shape index (κ1) is 12.7. The average molecular weight is 247 g/mol. The Balaban J connectivity index is 2.05. The molecule has 2 rings (SSSR count). The van der Waals surface area contributed by atoms with Gasteiger partial charge in [-0.1, -0.05) is 0 Å². The van der Waals surface area contributed by atoms with E-state index in [1.807, 2.05) is 11.0 Å². The highest BCUT2D eigenvalue weighted by Crippen LogP contribution is 2.23. The van der Waals surface area contributed by atoms with Crippen LogP contribution in [0.1, 0.15) is 41.7 Å². The van der Waals surface area contributed by atoms with Gasteiger partial charge in [-0.3, -0.25) is 4.79 Å². The Bertz CT molecular complexity index is 461. The highest BCUT2D eigenvalue weighted by molar-refractivity contribution is 5.94. The Hall–Kier alpha value is -1.80. The molecule has 0 radical (unpaired) electrons. The van der Waals surface area contributed by atoms with Crippen LogP contribution in [0.4, 0.5) is 0 Å². The minimum Gasteiger partial charge on any atom is -0.396 e. The van der Waals surface area contributed by atoms with Crippen molar-refractivity contribution in [2.45, 2.75) is 31.7 Å². The third-order valence-corrected chi connectivity index (χ3v) is 3.38. The van der Waals surface area contributed by atoms with Gasteiger partial charge < -0.3 is 15.0 Å². The van der Waals surface area contributed by atoms with Crippen molar-refractivity contribution in [3.05, 3.63) is 23.5 Å². The number of hydrogen-bond donors (Lipinski definition) is 2. The van der Waals surface area contributed by atoms with Gasteiger partial charge in [0, 0.05) is 25.4 Å². The number of aliphatic hydroxyl groups excluding tert-OH is 1. The summed E-state index contributed by atoms with van der Waals surface area (Å²) in [4.78, 5) is 16.9. The molecule has 18 heavy (non-hydrogen) atoms. The summed E-state index contributed by atoms with van der Waals surface area (Å²) >= 11 is 0. The van der Waals surface area contributed by atoms with Gasteiger partial charge in [-0.25, -0.2) is 0 Å². The molecular formula is C13H17N3O2. The van der Waals surface area contributed by atoms with Crippen LogP contribution in [0.2, 0.25) is 0 Å². The topological polar surface area (TPSA) is 80.1 Å². The van der Waals surface area contributed by atoms with Gasteiger partial charge in [0.2, 0.25) is 0 Å². The van der Waals surface area contributed by atoms with E-state index in [9.17, 15) is 4.79 Å². The van der Waals surface area contributed by atoms with Crippen LogP contribution in [0.15, 0.2) is 12.3 Å². The van der Waals surface area contributed by atoms with Crippen molar-refractivity contribution in [2.75, 3.05) is 13.2 Å². The molecule has 1 aliphatic heterocycles. The number of likely N-dealkylation sites (tertiary alicyclic amines) is 1. The largest absolute Gasteiger partial charge is 0.396 e. The minimum absolute atomic E-state index is 0.0202. The smallest absolute Gasteiger partial charge is 0.255 e. The van der Waals surface area contributed by atoms with E-state index < -0.39 is 0 Å². The first-order valence-corrected chi connectivity index (χ1v) is 6.26. The Morgan fingerprint density at radius 1 is 1.67 bits per heavy atom. The second-order valence-electron chi connectivity index (χ2n) is 4.57. The number of nitrogens with one attached hydrogen (secondary N) is 1. The summed E-state index contributed by atoms with van der Waals surface area (Å²) in [5.74, 6) is -0.0202. The molecular weight excluding hydrogens is 230 g/mol. The maximum Gasteiger partial charge on any atom is 0.255 e. The Kier molecular flexibility index (Phi) is 4.00. The van der Waals surface area contributed by atoms with Crippen molar-refractivity contribution >= 4 is 5.91 Å². The zero-order valence-electron chi connectivity index (χ0n) is 10.2. The number of aromatic amines is 1. The molecule has 5 nitrogen and oxygen atoms in total. The number of amides is 1. The van der Waals surface area contributed by atoms with Gasteiger partial charge in [0.25, 0.3) is 5.91 Å². The summed E-state index contributed by atoms with van der Waals surface area (Å²) in [5.41, 5.74) is 0.951. The Morgan fingerprint density at radius 3 is 3.17 bits per heavy atom. The number of carbonyl (C=O) groups is 1. The van der Waals surface area contributed by atoms with Crippen molar-refractivity contribution < 1.29 is 9.90 Å². The molecule has 5 heteroatoms. The second kappa shape index (κ2) is 5.69. The summed E-state index contributed by atoms with van der Waals surface area (Å²) in [6, 6.07) is 3.79. The average Bonchev–Trinajstić information content (AvgIpc) is 3.04. The molecule has 0 aliphatic carbocycles. The van der Waals surface area contributed by atoms with E-state index in [-0.39, 0.29) is 18.6 Å². The fraction of sp³-hybridized carbons (Fsp3) is 0.538. The second-order valence-corrected chi connectivity index (χ2v) is 4.57. The first-order chi connectivity index (χ1) is 8.76. The highest BCUT2D eigenvalue weighted by atomic mass is 16.3. The fourth-order valence-corrected chi connectivity index (χ4v) is 2.48. The lowest BCUT2D eigenvalue weighted by Crippen LogP contribution is -2.35. The standard InChI is InChI=1S/C13H17N3O2/c14-8-11-7-10(9-15-11)13(18)16-5-1-3-12(16)4-2-6-17/h7,9,12,15,17H,1-6H2. The van der Waals surface area contributed by atoms with Crippen LogP contribution in [-0.2, 0) is 0 Å². The number of carbonyl (C=O) groups excluding carboxylic acids is 1. The SMILES string of the molecule is N#Cc1cc(C(=O)N2CCCC2CCCO)c[nH]1. The van der Waals surface area contributed by atoms with Gasteiger partial charge in [0.15, 0.2) is 0 Å². The first-order valence-electron chi connectivity index (χ1n) is 6.26. The normalized spacial score (nSPS) is 18.9. The maximum absolute atomic E-state index is 12.3. The lowest BCUT2D eigenvalue weighted by atomic mass is 10.1. The van der Waals surface area contributed by atoms with E-state index in [0.29, 0.717) is 11.3 Å². The third kappa shape index (κ3) is 2.54.